The molecule has 4 rings (SSSR count). The Bertz CT molecular complexity index is 932. The van der Waals surface area contributed by atoms with Crippen LogP contribution in [-0.4, -0.2) is 22.9 Å². The first-order chi connectivity index (χ1) is 14.1. The zero-order valence-electron chi connectivity index (χ0n) is 17.7. The van der Waals surface area contributed by atoms with Gasteiger partial charge in [-0.15, -0.1) is 11.3 Å². The molecule has 0 saturated heterocycles. The molecule has 6 nitrogen and oxygen atoms in total. The van der Waals surface area contributed by atoms with E-state index in [4.69, 9.17) is 5.73 Å². The molecule has 2 amide bonds. The number of carbonyl (C=O) groups excluding carboxylic acids is 2. The normalized spacial score (nSPS) is 29.6. The minimum Gasteiger partial charge on any atom is -0.481 e. The van der Waals surface area contributed by atoms with E-state index in [9.17, 15) is 19.5 Å². The average molecular weight is 431 g/mol. The smallest absolute Gasteiger partial charge is 0.307 e. The Morgan fingerprint density at radius 3 is 2.50 bits per heavy atom. The SMILES string of the molecule is CCC(C)(C)[C@H]1CCc2c(sc(NC(=O)[C@@H]3[C@@H](C(=O)O)[C@H]4C=C[C@H]3C4)c2C(N)=O)C1. The molecule has 0 aliphatic heterocycles. The Hall–Kier alpha value is -2.15. The molecule has 162 valence electrons. The summed E-state index contributed by atoms with van der Waals surface area (Å²) in [5.74, 6) is -2.72. The minimum absolute atomic E-state index is 0.0579. The van der Waals surface area contributed by atoms with Crippen molar-refractivity contribution in [3.63, 3.8) is 0 Å². The predicted molar refractivity (Wildman–Crippen MR) is 116 cm³/mol. The third-order valence-electron chi connectivity index (χ3n) is 7.81. The molecule has 0 aromatic carbocycles. The largest absolute Gasteiger partial charge is 0.481 e. The highest BCUT2D eigenvalue weighted by molar-refractivity contribution is 7.17. The lowest BCUT2D eigenvalue weighted by molar-refractivity contribution is -0.146. The molecule has 30 heavy (non-hydrogen) atoms. The zero-order valence-corrected chi connectivity index (χ0v) is 18.6. The molecule has 4 N–H and O–H groups in total. The Labute approximate surface area is 180 Å². The molecule has 0 unspecified atom stereocenters. The summed E-state index contributed by atoms with van der Waals surface area (Å²) >= 11 is 1.44. The van der Waals surface area contributed by atoms with Gasteiger partial charge in [-0.05, 0) is 54.4 Å². The lowest BCUT2D eigenvalue weighted by Crippen LogP contribution is -2.36. The topological polar surface area (TPSA) is 109 Å². The van der Waals surface area contributed by atoms with Crippen molar-refractivity contribution in [2.24, 2.45) is 40.7 Å². The van der Waals surface area contributed by atoms with Gasteiger partial charge in [0.05, 0.1) is 17.4 Å². The van der Waals surface area contributed by atoms with E-state index in [1.165, 1.54) is 11.3 Å². The van der Waals surface area contributed by atoms with Gasteiger partial charge in [-0.2, -0.15) is 0 Å². The van der Waals surface area contributed by atoms with Crippen LogP contribution in [0, 0.1) is 35.0 Å². The number of thiophene rings is 1. The second-order valence-corrected chi connectivity index (χ2v) is 10.8. The first kappa shape index (κ1) is 21.1. The van der Waals surface area contributed by atoms with E-state index in [0.717, 1.165) is 36.1 Å². The number of anilines is 1. The number of amides is 2. The van der Waals surface area contributed by atoms with E-state index in [0.29, 0.717) is 22.9 Å². The van der Waals surface area contributed by atoms with E-state index in [2.05, 4.69) is 26.1 Å². The molecule has 1 heterocycles. The molecular formula is C23H30N2O4S. The molecule has 1 aromatic rings. The second kappa shape index (κ2) is 7.52. The number of carbonyl (C=O) groups is 3. The van der Waals surface area contributed by atoms with Gasteiger partial charge in [-0.1, -0.05) is 39.3 Å². The Balaban J connectivity index is 1.61. The predicted octanol–water partition coefficient (Wildman–Crippen LogP) is 3.85. The lowest BCUT2D eigenvalue weighted by atomic mass is 9.69. The van der Waals surface area contributed by atoms with Crippen molar-refractivity contribution in [3.8, 4) is 0 Å². The fourth-order valence-corrected chi connectivity index (χ4v) is 6.94. The number of fused-ring (bicyclic) bond motifs is 3. The van der Waals surface area contributed by atoms with Crippen molar-refractivity contribution in [1.82, 2.24) is 0 Å². The van der Waals surface area contributed by atoms with Crippen LogP contribution in [0.3, 0.4) is 0 Å². The summed E-state index contributed by atoms with van der Waals surface area (Å²) in [6.07, 6.45) is 8.32. The van der Waals surface area contributed by atoms with Gasteiger partial charge in [0.25, 0.3) is 5.91 Å². The molecular weight excluding hydrogens is 400 g/mol. The number of nitrogens with two attached hydrogens (primary N) is 1. The quantitative estimate of drug-likeness (QED) is 0.596. The highest BCUT2D eigenvalue weighted by Crippen LogP contribution is 2.49. The molecule has 7 heteroatoms. The number of carboxylic acids is 1. The zero-order chi connectivity index (χ0) is 21.8. The summed E-state index contributed by atoms with van der Waals surface area (Å²) in [6.45, 7) is 6.76. The van der Waals surface area contributed by atoms with Gasteiger partial charge in [0, 0.05) is 4.88 Å². The Kier molecular flexibility index (Phi) is 5.29. The van der Waals surface area contributed by atoms with Crippen molar-refractivity contribution in [2.75, 3.05) is 5.32 Å². The molecule has 3 aliphatic carbocycles. The van der Waals surface area contributed by atoms with Gasteiger partial charge in [0.1, 0.15) is 5.00 Å². The Morgan fingerprint density at radius 2 is 1.90 bits per heavy atom. The maximum atomic E-state index is 13.1. The lowest BCUT2D eigenvalue weighted by Gasteiger charge is -2.36. The van der Waals surface area contributed by atoms with Crippen LogP contribution in [-0.2, 0) is 22.4 Å². The molecule has 1 fully saturated rings. The first-order valence-corrected chi connectivity index (χ1v) is 11.6. The summed E-state index contributed by atoms with van der Waals surface area (Å²) in [4.78, 5) is 38.3. The maximum absolute atomic E-state index is 13.1. The standard InChI is InChI=1S/C23H30N2O4S/c1-4-23(2,3)13-7-8-14-15(10-13)30-21(18(14)19(24)26)25-20(27)16-11-5-6-12(9-11)17(16)22(28)29/h5-6,11-13,16-17H,4,7-10H2,1-3H3,(H2,24,26)(H,25,27)(H,28,29)/t11-,12-,13-,16-,17-/m0/s1. The van der Waals surface area contributed by atoms with E-state index < -0.39 is 23.7 Å². The third kappa shape index (κ3) is 3.37. The highest BCUT2D eigenvalue weighted by atomic mass is 32.1. The summed E-state index contributed by atoms with van der Waals surface area (Å²) in [6, 6.07) is 0. The monoisotopic (exact) mass is 430 g/mol. The average Bonchev–Trinajstić information content (AvgIpc) is 3.39. The molecule has 0 spiro atoms. The first-order valence-electron chi connectivity index (χ1n) is 10.8. The fraction of sp³-hybridized carbons (Fsp3) is 0.609. The van der Waals surface area contributed by atoms with Gasteiger partial charge in [-0.25, -0.2) is 0 Å². The van der Waals surface area contributed by atoms with Crippen LogP contribution in [0.5, 0.6) is 0 Å². The van der Waals surface area contributed by atoms with Crippen LogP contribution in [0.25, 0.3) is 0 Å². The maximum Gasteiger partial charge on any atom is 0.307 e. The summed E-state index contributed by atoms with van der Waals surface area (Å²) in [7, 11) is 0. The number of rotatable bonds is 6. The van der Waals surface area contributed by atoms with Crippen LogP contribution >= 0.6 is 11.3 Å². The van der Waals surface area contributed by atoms with Gasteiger partial charge >= 0.3 is 5.97 Å². The number of primary amides is 1. The Morgan fingerprint density at radius 1 is 1.23 bits per heavy atom. The molecule has 5 atom stereocenters. The fourth-order valence-electron chi connectivity index (χ4n) is 5.60. The third-order valence-corrected chi connectivity index (χ3v) is 8.98. The molecule has 1 aromatic heterocycles. The second-order valence-electron chi connectivity index (χ2n) is 9.68. The number of allylic oxidation sites excluding steroid dienone is 2. The van der Waals surface area contributed by atoms with Gasteiger partial charge < -0.3 is 16.2 Å². The number of aliphatic carboxylic acids is 1. The van der Waals surface area contributed by atoms with Crippen LogP contribution < -0.4 is 11.1 Å². The van der Waals surface area contributed by atoms with E-state index in [-0.39, 0.29) is 23.2 Å². The number of hydrogen-bond acceptors (Lipinski definition) is 4. The van der Waals surface area contributed by atoms with Crippen LogP contribution in [0.4, 0.5) is 5.00 Å². The number of carboxylic acid groups (broad SMARTS) is 1. The van der Waals surface area contributed by atoms with Crippen molar-refractivity contribution >= 4 is 34.1 Å². The van der Waals surface area contributed by atoms with Crippen molar-refractivity contribution in [1.29, 1.82) is 0 Å². The van der Waals surface area contributed by atoms with Gasteiger partial charge in [-0.3, -0.25) is 14.4 Å². The highest BCUT2D eigenvalue weighted by Gasteiger charge is 2.52. The molecule has 0 radical (unpaired) electrons. The van der Waals surface area contributed by atoms with Crippen molar-refractivity contribution in [3.05, 3.63) is 28.2 Å². The molecule has 1 saturated carbocycles. The van der Waals surface area contributed by atoms with Gasteiger partial charge in [0.2, 0.25) is 5.91 Å². The summed E-state index contributed by atoms with van der Waals surface area (Å²) in [5.41, 5.74) is 7.30. The molecule has 2 bridgehead atoms. The number of hydrogen-bond donors (Lipinski definition) is 3. The van der Waals surface area contributed by atoms with E-state index in [1.807, 2.05) is 12.2 Å². The van der Waals surface area contributed by atoms with Crippen LogP contribution in [0.2, 0.25) is 0 Å². The summed E-state index contributed by atoms with van der Waals surface area (Å²) in [5, 5.41) is 13.0. The summed E-state index contributed by atoms with van der Waals surface area (Å²) < 4.78 is 0. The molecule has 3 aliphatic rings. The van der Waals surface area contributed by atoms with Crippen LogP contribution in [0.1, 0.15) is 60.8 Å². The van der Waals surface area contributed by atoms with Crippen molar-refractivity contribution < 1.29 is 19.5 Å². The van der Waals surface area contributed by atoms with Crippen molar-refractivity contribution in [2.45, 2.75) is 52.9 Å². The van der Waals surface area contributed by atoms with Crippen LogP contribution in [0.15, 0.2) is 12.2 Å². The van der Waals surface area contributed by atoms with E-state index >= 15 is 0 Å². The van der Waals surface area contributed by atoms with Gasteiger partial charge in [0.15, 0.2) is 0 Å². The van der Waals surface area contributed by atoms with E-state index in [1.54, 1.807) is 0 Å². The number of nitrogens with one attached hydrogen (secondary N) is 1. The minimum atomic E-state index is -0.933.